The minimum atomic E-state index is 0.647. The highest BCUT2D eigenvalue weighted by Gasteiger charge is 2.27. The zero-order valence-electron chi connectivity index (χ0n) is 81.2. The lowest BCUT2D eigenvalue weighted by Gasteiger charge is -2.14. The molecule has 0 fully saturated rings. The number of para-hydroxylation sites is 5. The van der Waals surface area contributed by atoms with E-state index in [-0.39, 0.29) is 0 Å². The Balaban J connectivity index is 0.000000106. The van der Waals surface area contributed by atoms with Crippen LogP contribution in [0.5, 0.6) is 0 Å². The molecule has 0 N–H and O–H groups in total. The Bertz CT molecular complexity index is 10700. The van der Waals surface area contributed by atoms with Crippen LogP contribution in [0.3, 0.4) is 0 Å². The van der Waals surface area contributed by atoms with Crippen molar-refractivity contribution in [3.63, 3.8) is 0 Å². The van der Waals surface area contributed by atoms with Gasteiger partial charge in [0.25, 0.3) is 0 Å². The molecule has 0 saturated heterocycles. The van der Waals surface area contributed by atoms with E-state index in [1.165, 1.54) is 162 Å². The summed E-state index contributed by atoms with van der Waals surface area (Å²) in [6, 6.07) is 188. The van der Waals surface area contributed by atoms with Gasteiger partial charge in [-0.2, -0.15) is 0 Å². The number of pyridine rings is 1. The van der Waals surface area contributed by atoms with Crippen LogP contribution in [0.2, 0.25) is 0 Å². The standard InChI is InChI=1S/C50H32N4.C45H29N3.C44H27N3S/c1-4-15-34(16-5-1)43-32-44(35-17-6-2-7-18-35)52-50(51-43)54-47-28-26-37(31-42(47)49-39-21-11-10-14-33(39)24-29-48(49)54)36-25-27-46-41(30-36)40-22-12-13-23-45(40)53(46)38-19-8-3-9-20-38;1-3-13-30(14-4-1)40-29-46-45(37-20-8-7-17-34(37)40)48-42-22-12-10-19-36(42)39-28-32(24-26-44(39)48)31-23-25-43-38(27-31)35-18-9-11-21-41(35)47(43)33-15-5-2-6-16-33;1-3-12-29(13-4-1)37-27-38(30-14-5-2-6-15-30)46-44(45-37)47-39-22-20-31(26-36(39)43-33-16-8-7-11-28(33)19-23-40(43)47)32-21-24-42-35(25-32)34-17-9-10-18-41(34)48-42/h1-32H;1-29H;1-27H. The van der Waals surface area contributed by atoms with Crippen molar-refractivity contribution in [1.29, 1.82) is 0 Å². The second kappa shape index (κ2) is 36.2. The van der Waals surface area contributed by atoms with Crippen LogP contribution in [0.1, 0.15) is 0 Å². The molecule has 0 saturated carbocycles. The monoisotopic (exact) mass is 1930 g/mol. The number of thiophene rings is 1. The van der Waals surface area contributed by atoms with Crippen LogP contribution in [-0.4, -0.2) is 47.8 Å². The quantitative estimate of drug-likeness (QED) is 0.115. The third-order valence-corrected chi connectivity index (χ3v) is 31.1. The molecule has 31 rings (SSSR count). The van der Waals surface area contributed by atoms with E-state index in [4.69, 9.17) is 24.9 Å². The van der Waals surface area contributed by atoms with E-state index in [1.54, 1.807) is 0 Å². The lowest BCUT2D eigenvalue weighted by atomic mass is 9.99. The molecule has 9 aromatic heterocycles. The molecule has 22 aromatic carbocycles. The first-order valence-electron chi connectivity index (χ1n) is 50.9. The first-order chi connectivity index (χ1) is 74.4. The van der Waals surface area contributed by atoms with Crippen LogP contribution in [0.4, 0.5) is 0 Å². The minimum Gasteiger partial charge on any atom is -0.309 e. The zero-order valence-corrected chi connectivity index (χ0v) is 82.0. The maximum atomic E-state index is 5.27. The topological polar surface area (TPSA) is 89.1 Å². The van der Waals surface area contributed by atoms with Crippen molar-refractivity contribution in [2.45, 2.75) is 0 Å². The van der Waals surface area contributed by atoms with Gasteiger partial charge in [0.05, 0.1) is 77.9 Å². The summed E-state index contributed by atoms with van der Waals surface area (Å²) in [6.45, 7) is 0. The summed E-state index contributed by atoms with van der Waals surface area (Å²) in [6.07, 6.45) is 2.03. The largest absolute Gasteiger partial charge is 0.309 e. The normalized spacial score (nSPS) is 11.7. The van der Waals surface area contributed by atoms with Crippen molar-refractivity contribution in [3.05, 3.63) is 534 Å². The van der Waals surface area contributed by atoms with Gasteiger partial charge in [-0.15, -0.1) is 11.3 Å². The van der Waals surface area contributed by atoms with E-state index < -0.39 is 0 Å². The Morgan fingerprint density at radius 1 is 0.160 bits per heavy atom. The molecule has 11 heteroatoms. The third-order valence-electron chi connectivity index (χ3n) is 29.9. The van der Waals surface area contributed by atoms with Crippen molar-refractivity contribution in [2.75, 3.05) is 0 Å². The molecular formula is C139H88N10S. The average Bonchev–Trinajstić information content (AvgIpc) is 1.58. The molecule has 700 valence electrons. The van der Waals surface area contributed by atoms with Gasteiger partial charge in [-0.3, -0.25) is 13.7 Å². The van der Waals surface area contributed by atoms with Gasteiger partial charge in [0.15, 0.2) is 0 Å². The van der Waals surface area contributed by atoms with E-state index in [0.717, 1.165) is 106 Å². The molecule has 0 atom stereocenters. The van der Waals surface area contributed by atoms with Gasteiger partial charge in [0.1, 0.15) is 5.82 Å². The molecule has 0 amide bonds. The van der Waals surface area contributed by atoms with Gasteiger partial charge in [-0.25, -0.2) is 24.9 Å². The lowest BCUT2D eigenvalue weighted by molar-refractivity contribution is 0.995. The Morgan fingerprint density at radius 3 is 0.847 bits per heavy atom. The van der Waals surface area contributed by atoms with Crippen LogP contribution in [0, 0.1) is 0 Å². The van der Waals surface area contributed by atoms with Gasteiger partial charge in [-0.05, 0) is 211 Å². The van der Waals surface area contributed by atoms with Crippen LogP contribution >= 0.6 is 11.3 Å². The molecule has 10 nitrogen and oxygen atoms in total. The summed E-state index contributed by atoms with van der Waals surface area (Å²) in [4.78, 5) is 26.2. The number of hydrogen-bond donors (Lipinski definition) is 0. The van der Waals surface area contributed by atoms with Gasteiger partial charge in [0, 0.05) is 125 Å². The predicted octanol–water partition coefficient (Wildman–Crippen LogP) is 36.7. The van der Waals surface area contributed by atoms with Gasteiger partial charge in [0.2, 0.25) is 11.9 Å². The van der Waals surface area contributed by atoms with E-state index in [1.807, 2.05) is 41.8 Å². The van der Waals surface area contributed by atoms with E-state index >= 15 is 0 Å². The fraction of sp³-hybridized carbons (Fsp3) is 0. The van der Waals surface area contributed by atoms with Gasteiger partial charge >= 0.3 is 0 Å². The van der Waals surface area contributed by atoms with Gasteiger partial charge in [-0.1, -0.05) is 382 Å². The van der Waals surface area contributed by atoms with Crippen molar-refractivity contribution < 1.29 is 0 Å². The number of aromatic nitrogens is 10. The number of nitrogens with zero attached hydrogens (tertiary/aromatic N) is 10. The second-order valence-corrected chi connectivity index (χ2v) is 39.6. The zero-order chi connectivity index (χ0) is 98.8. The number of fused-ring (bicyclic) bond motifs is 23. The predicted molar refractivity (Wildman–Crippen MR) is 629 cm³/mol. The smallest absolute Gasteiger partial charge is 0.235 e. The van der Waals surface area contributed by atoms with Crippen LogP contribution < -0.4 is 0 Å². The SMILES string of the molecule is c1ccc(-c2cc(-c3ccccc3)nc(-n3c4ccc(-c5ccc6c(c5)c5ccccc5n6-c5ccccc5)cc4c4c5ccccc5ccc43)n2)cc1.c1ccc(-c2cc(-c3ccccc3)nc(-n3c4ccc(-c5ccc6sc7ccccc7c6c5)cc4c4c5ccccc5ccc43)n2)cc1.c1ccc(-c2cnc(-n3c4ccccc4c4cc(-c5ccc6c(c5)c5ccccc5n6-c5ccccc5)ccc43)c3ccccc23)cc1. The van der Waals surface area contributed by atoms with Crippen LogP contribution in [-0.2, 0) is 0 Å². The summed E-state index contributed by atoms with van der Waals surface area (Å²) < 4.78 is 14.2. The third kappa shape index (κ3) is 14.8. The van der Waals surface area contributed by atoms with Crippen molar-refractivity contribution in [2.24, 2.45) is 0 Å². The molecule has 0 radical (unpaired) electrons. The van der Waals surface area contributed by atoms with Crippen molar-refractivity contribution >= 4 is 173 Å². The maximum absolute atomic E-state index is 5.27. The van der Waals surface area contributed by atoms with Crippen molar-refractivity contribution in [1.82, 2.24) is 47.8 Å². The first-order valence-corrected chi connectivity index (χ1v) is 51.7. The fourth-order valence-electron chi connectivity index (χ4n) is 23.0. The molecule has 0 spiro atoms. The molecule has 0 aliphatic rings. The summed E-state index contributed by atoms with van der Waals surface area (Å²) in [7, 11) is 0. The number of hydrogen-bond acceptors (Lipinski definition) is 6. The molecule has 0 aliphatic heterocycles. The fourth-order valence-corrected chi connectivity index (χ4v) is 24.1. The Morgan fingerprint density at radius 2 is 0.440 bits per heavy atom. The number of benzene rings is 22. The van der Waals surface area contributed by atoms with Crippen molar-refractivity contribution in [3.8, 4) is 119 Å². The first kappa shape index (κ1) is 86.8. The van der Waals surface area contributed by atoms with Gasteiger partial charge < -0.3 is 9.13 Å². The summed E-state index contributed by atoms with van der Waals surface area (Å²) >= 11 is 1.85. The molecular weight excluding hydrogens is 1840 g/mol. The van der Waals surface area contributed by atoms with E-state index in [9.17, 15) is 0 Å². The van der Waals surface area contributed by atoms with Crippen LogP contribution in [0.15, 0.2) is 534 Å². The molecule has 9 heterocycles. The maximum Gasteiger partial charge on any atom is 0.235 e. The van der Waals surface area contributed by atoms with E-state index in [2.05, 4.69) is 526 Å². The van der Waals surface area contributed by atoms with Crippen LogP contribution in [0.25, 0.3) is 280 Å². The molecule has 150 heavy (non-hydrogen) atoms. The highest BCUT2D eigenvalue weighted by Crippen LogP contribution is 2.48. The van der Waals surface area contributed by atoms with E-state index in [0.29, 0.717) is 11.9 Å². The summed E-state index contributed by atoms with van der Waals surface area (Å²) in [5.41, 5.74) is 31.0. The summed E-state index contributed by atoms with van der Waals surface area (Å²) in [5, 5.41) is 22.0. The Labute approximate surface area is 866 Å². The average molecular weight is 1930 g/mol. The second-order valence-electron chi connectivity index (χ2n) is 38.5. The lowest BCUT2D eigenvalue weighted by Crippen LogP contribution is -2.04. The molecule has 31 aromatic rings. The molecule has 0 unspecified atom stereocenters. The molecule has 0 bridgehead atoms. The Hall–Kier alpha value is -19.9. The Kier molecular flexibility index (Phi) is 20.9. The minimum absolute atomic E-state index is 0.647. The highest BCUT2D eigenvalue weighted by molar-refractivity contribution is 7.25. The molecule has 0 aliphatic carbocycles. The number of rotatable bonds is 13. The summed E-state index contributed by atoms with van der Waals surface area (Å²) in [5.74, 6) is 2.25. The highest BCUT2D eigenvalue weighted by atomic mass is 32.1.